The monoisotopic (exact) mass is 246 g/mol. The highest BCUT2D eigenvalue weighted by Gasteiger charge is 2.47. The van der Waals surface area contributed by atoms with Gasteiger partial charge < -0.3 is 9.53 Å². The minimum atomic E-state index is -1.51. The van der Waals surface area contributed by atoms with Crippen molar-refractivity contribution < 1.29 is 14.3 Å². The van der Waals surface area contributed by atoms with E-state index >= 15 is 0 Å². The summed E-state index contributed by atoms with van der Waals surface area (Å²) in [6.07, 6.45) is 2.22. The zero-order valence-corrected chi connectivity index (χ0v) is 12.2. The Morgan fingerprint density at radius 2 is 2.00 bits per heavy atom. The first-order valence-electron chi connectivity index (χ1n) is 5.64. The second-order valence-corrected chi connectivity index (χ2v) is 20.8. The van der Waals surface area contributed by atoms with Crippen LogP contribution < -0.4 is 0 Å². The molecule has 15 heavy (non-hydrogen) atoms. The van der Waals surface area contributed by atoms with E-state index in [-0.39, 0.29) is 12.5 Å². The first kappa shape index (κ1) is 12.9. The van der Waals surface area contributed by atoms with E-state index in [0.29, 0.717) is 6.42 Å². The summed E-state index contributed by atoms with van der Waals surface area (Å²) in [7, 11) is -2.65. The van der Waals surface area contributed by atoms with Gasteiger partial charge in [-0.05, 0) is 25.9 Å². The smallest absolute Gasteiger partial charge is 0.303 e. The maximum absolute atomic E-state index is 10.5. The van der Waals surface area contributed by atoms with Gasteiger partial charge >= 0.3 is 5.97 Å². The van der Waals surface area contributed by atoms with Gasteiger partial charge in [0.1, 0.15) is 0 Å². The highest BCUT2D eigenvalue weighted by molar-refractivity contribution is 7.38. The SMILES string of the molecule is C[Si]1(C)CCC(CCC(=O)O)O[Si]1(C)C. The van der Waals surface area contributed by atoms with Crippen LogP contribution in [0.15, 0.2) is 0 Å². The first-order chi connectivity index (χ1) is 6.74. The molecule has 1 atom stereocenters. The van der Waals surface area contributed by atoms with Gasteiger partial charge in [-0.2, -0.15) is 0 Å². The Bertz CT molecular complexity index is 251. The highest BCUT2D eigenvalue weighted by Crippen LogP contribution is 2.34. The molecule has 1 N–H and O–H groups in total. The van der Waals surface area contributed by atoms with Crippen molar-refractivity contribution >= 4 is 21.4 Å². The molecule has 0 aromatic heterocycles. The predicted molar refractivity (Wildman–Crippen MR) is 66.1 cm³/mol. The Morgan fingerprint density at radius 3 is 2.47 bits per heavy atom. The molecule has 1 heterocycles. The number of carboxylic acid groups (broad SMARTS) is 1. The van der Waals surface area contributed by atoms with Crippen LogP contribution in [0.4, 0.5) is 0 Å². The minimum absolute atomic E-state index is 0.211. The first-order valence-corrected chi connectivity index (χ1v) is 12.8. The van der Waals surface area contributed by atoms with Crippen molar-refractivity contribution in [2.75, 3.05) is 0 Å². The Labute approximate surface area is 93.8 Å². The maximum Gasteiger partial charge on any atom is 0.303 e. The van der Waals surface area contributed by atoms with Crippen LogP contribution in [0.25, 0.3) is 0 Å². The third-order valence-corrected chi connectivity index (χ3v) is 20.5. The summed E-state index contributed by atoms with van der Waals surface area (Å²) in [5.74, 6) is -0.708. The van der Waals surface area contributed by atoms with E-state index in [4.69, 9.17) is 9.53 Å². The van der Waals surface area contributed by atoms with Gasteiger partial charge in [0, 0.05) is 12.5 Å². The molecule has 1 aliphatic rings. The lowest BCUT2D eigenvalue weighted by atomic mass is 10.1. The van der Waals surface area contributed by atoms with E-state index in [2.05, 4.69) is 26.2 Å². The Hall–Kier alpha value is -0.136. The van der Waals surface area contributed by atoms with Crippen LogP contribution in [-0.2, 0) is 9.22 Å². The van der Waals surface area contributed by atoms with Crippen LogP contribution in [0.1, 0.15) is 19.3 Å². The molecule has 0 saturated carbocycles. The van der Waals surface area contributed by atoms with Crippen LogP contribution in [0.2, 0.25) is 32.2 Å². The molecule has 0 amide bonds. The fraction of sp³-hybridized carbons (Fsp3) is 0.900. The average Bonchev–Trinajstić information content (AvgIpc) is 2.07. The van der Waals surface area contributed by atoms with Gasteiger partial charge in [0.25, 0.3) is 0 Å². The van der Waals surface area contributed by atoms with Crippen molar-refractivity contribution in [2.45, 2.75) is 57.6 Å². The predicted octanol–water partition coefficient (Wildman–Crippen LogP) is 2.63. The molecule has 3 nitrogen and oxygen atoms in total. The third-order valence-electron chi connectivity index (χ3n) is 3.86. The quantitative estimate of drug-likeness (QED) is 0.779. The summed E-state index contributed by atoms with van der Waals surface area (Å²) in [6, 6.07) is 1.30. The van der Waals surface area contributed by atoms with Gasteiger partial charge in [0.05, 0.1) is 7.59 Å². The Kier molecular flexibility index (Phi) is 3.78. The largest absolute Gasteiger partial charge is 0.481 e. The number of carbonyl (C=O) groups is 1. The molecule has 0 aromatic rings. The molecule has 1 aliphatic heterocycles. The molecule has 1 unspecified atom stereocenters. The van der Waals surface area contributed by atoms with Crippen LogP contribution >= 0.6 is 0 Å². The number of hydrogen-bond acceptors (Lipinski definition) is 2. The molecular formula is C10H22O3Si2. The standard InChI is InChI=1S/C10H22O3Si2/c1-14(2)8-7-9(5-6-10(11)12)13-15(14,3)4/h9H,5-8H2,1-4H3,(H,11,12). The van der Waals surface area contributed by atoms with Crippen molar-refractivity contribution in [3.63, 3.8) is 0 Å². The second kappa shape index (κ2) is 4.39. The Balaban J connectivity index is 2.51. The van der Waals surface area contributed by atoms with Gasteiger partial charge in [-0.25, -0.2) is 0 Å². The minimum Gasteiger partial charge on any atom is -0.481 e. The fourth-order valence-corrected chi connectivity index (χ4v) is 8.68. The van der Waals surface area contributed by atoms with Gasteiger partial charge in [-0.15, -0.1) is 0 Å². The zero-order chi connectivity index (χ0) is 11.7. The molecule has 1 saturated heterocycles. The maximum atomic E-state index is 10.5. The lowest BCUT2D eigenvalue weighted by Crippen LogP contribution is -2.61. The summed E-state index contributed by atoms with van der Waals surface area (Å²) in [5.41, 5.74) is 0. The van der Waals surface area contributed by atoms with Gasteiger partial charge in [0.2, 0.25) is 0 Å². The summed E-state index contributed by atoms with van der Waals surface area (Å²) >= 11 is 0. The van der Waals surface area contributed by atoms with Crippen LogP contribution in [-0.4, -0.2) is 32.6 Å². The molecule has 0 spiro atoms. The van der Waals surface area contributed by atoms with E-state index in [1.165, 1.54) is 6.04 Å². The fourth-order valence-electron chi connectivity index (χ4n) is 1.95. The topological polar surface area (TPSA) is 46.5 Å². The third kappa shape index (κ3) is 3.16. The molecule has 0 bridgehead atoms. The molecule has 88 valence electrons. The molecule has 0 aliphatic carbocycles. The molecule has 0 radical (unpaired) electrons. The van der Waals surface area contributed by atoms with E-state index < -0.39 is 21.4 Å². The lowest BCUT2D eigenvalue weighted by molar-refractivity contribution is -0.137. The van der Waals surface area contributed by atoms with Crippen LogP contribution in [0.5, 0.6) is 0 Å². The van der Waals surface area contributed by atoms with E-state index in [1.54, 1.807) is 0 Å². The van der Waals surface area contributed by atoms with E-state index in [1.807, 2.05) is 0 Å². The van der Waals surface area contributed by atoms with Crippen LogP contribution in [0, 0.1) is 0 Å². The number of hydrogen-bond donors (Lipinski definition) is 1. The zero-order valence-electron chi connectivity index (χ0n) is 10.2. The van der Waals surface area contributed by atoms with Crippen molar-refractivity contribution in [3.8, 4) is 0 Å². The molecule has 1 rings (SSSR count). The number of aliphatic carboxylic acids is 1. The van der Waals surface area contributed by atoms with Gasteiger partial charge in [0.15, 0.2) is 7.83 Å². The summed E-state index contributed by atoms with van der Waals surface area (Å²) in [5, 5.41) is 8.64. The van der Waals surface area contributed by atoms with Crippen LogP contribution in [0.3, 0.4) is 0 Å². The van der Waals surface area contributed by atoms with Crippen molar-refractivity contribution in [1.82, 2.24) is 0 Å². The van der Waals surface area contributed by atoms with Gasteiger partial charge in [-0.1, -0.05) is 19.1 Å². The normalized spacial score (nSPS) is 28.7. The number of carboxylic acids is 1. The summed E-state index contributed by atoms with van der Waals surface area (Å²) in [6.45, 7) is 9.41. The summed E-state index contributed by atoms with van der Waals surface area (Å²) < 4.78 is 6.18. The second-order valence-electron chi connectivity index (χ2n) is 5.61. The van der Waals surface area contributed by atoms with Crippen molar-refractivity contribution in [3.05, 3.63) is 0 Å². The summed E-state index contributed by atoms with van der Waals surface area (Å²) in [4.78, 5) is 10.5. The molecule has 0 aromatic carbocycles. The molecule has 5 heteroatoms. The number of rotatable bonds is 3. The Morgan fingerprint density at radius 1 is 1.40 bits per heavy atom. The van der Waals surface area contributed by atoms with Gasteiger partial charge in [-0.3, -0.25) is 4.79 Å². The highest BCUT2D eigenvalue weighted by atomic mass is 29.3. The van der Waals surface area contributed by atoms with E-state index in [9.17, 15) is 4.79 Å². The molecular weight excluding hydrogens is 224 g/mol. The molecule has 1 fully saturated rings. The average molecular weight is 246 g/mol. The van der Waals surface area contributed by atoms with Crippen molar-refractivity contribution in [2.24, 2.45) is 0 Å². The van der Waals surface area contributed by atoms with E-state index in [0.717, 1.165) is 6.42 Å². The lowest BCUT2D eigenvalue weighted by Gasteiger charge is -2.45. The van der Waals surface area contributed by atoms with Crippen molar-refractivity contribution in [1.29, 1.82) is 0 Å².